The van der Waals surface area contributed by atoms with E-state index in [1.54, 1.807) is 6.20 Å². The largest absolute Gasteiger partial charge is 0.350 e. The number of pyridine rings is 1. The smallest absolute Gasteiger partial charge is 0.240 e. The summed E-state index contributed by atoms with van der Waals surface area (Å²) in [6, 6.07) is 12.0. The van der Waals surface area contributed by atoms with Crippen LogP contribution in [0.2, 0.25) is 0 Å². The number of amides is 1. The number of hydrogen-bond donors (Lipinski definition) is 2. The summed E-state index contributed by atoms with van der Waals surface area (Å²) in [5.41, 5.74) is 11.0. The molecule has 5 nitrogen and oxygen atoms in total. The van der Waals surface area contributed by atoms with E-state index in [-0.39, 0.29) is 12.5 Å². The molecule has 0 spiro atoms. The van der Waals surface area contributed by atoms with Gasteiger partial charge in [0, 0.05) is 35.9 Å². The van der Waals surface area contributed by atoms with Crippen LogP contribution in [-0.4, -0.2) is 15.5 Å². The third-order valence-electron chi connectivity index (χ3n) is 4.85. The molecule has 0 unspecified atom stereocenters. The average Bonchev–Trinajstić information content (AvgIpc) is 3.01. The second-order valence-electron chi connectivity index (χ2n) is 6.56. The molecule has 4 rings (SSSR count). The number of carbonyl (C=O) groups is 1. The summed E-state index contributed by atoms with van der Waals surface area (Å²) in [5, 5.41) is 4.12. The molecule has 1 aliphatic rings. The summed E-state index contributed by atoms with van der Waals surface area (Å²) in [6.45, 7) is 1.33. The fraction of sp³-hybridized carbons (Fsp3) is 0.238. The first-order valence-electron chi connectivity index (χ1n) is 8.93. The fourth-order valence-electron chi connectivity index (χ4n) is 3.49. The summed E-state index contributed by atoms with van der Waals surface area (Å²) in [5.74, 6) is -0.00666. The molecule has 1 aliphatic carbocycles. The van der Waals surface area contributed by atoms with E-state index in [9.17, 15) is 4.79 Å². The maximum absolute atomic E-state index is 12.5. The molecule has 132 valence electrons. The zero-order valence-corrected chi connectivity index (χ0v) is 14.6. The first kappa shape index (κ1) is 16.5. The molecule has 0 saturated heterocycles. The number of carbonyl (C=O) groups excluding carboxylic acids is 1. The van der Waals surface area contributed by atoms with E-state index in [0.29, 0.717) is 13.1 Å². The normalized spacial score (nSPS) is 13.0. The molecule has 26 heavy (non-hydrogen) atoms. The van der Waals surface area contributed by atoms with Gasteiger partial charge < -0.3 is 15.6 Å². The van der Waals surface area contributed by atoms with Gasteiger partial charge >= 0.3 is 0 Å². The lowest BCUT2D eigenvalue weighted by atomic mass is 10.0. The quantitative estimate of drug-likeness (QED) is 0.746. The molecule has 3 aromatic rings. The van der Waals surface area contributed by atoms with Crippen molar-refractivity contribution in [3.63, 3.8) is 0 Å². The Hall–Kier alpha value is -2.92. The minimum atomic E-state index is -0.00666. The molecule has 3 N–H and O–H groups in total. The van der Waals surface area contributed by atoms with Gasteiger partial charge in [-0.3, -0.25) is 4.79 Å². The standard InChI is InChI=1S/C21H22N4O/c22-12-15-7-9-16(10-8-15)13-24-20(26)14-25-19-6-2-1-4-17(19)18-5-3-11-23-21(18)25/h1,3-5,7-11H,2,6,12-14,22H2,(H,24,26). The molecule has 2 aromatic heterocycles. The van der Waals surface area contributed by atoms with E-state index >= 15 is 0 Å². The predicted molar refractivity (Wildman–Crippen MR) is 103 cm³/mol. The van der Waals surface area contributed by atoms with Crippen molar-refractivity contribution in [3.8, 4) is 0 Å². The second-order valence-corrected chi connectivity index (χ2v) is 6.56. The zero-order valence-electron chi connectivity index (χ0n) is 14.6. The summed E-state index contributed by atoms with van der Waals surface area (Å²) in [6.07, 6.45) is 8.06. The van der Waals surface area contributed by atoms with Crippen molar-refractivity contribution in [1.29, 1.82) is 0 Å². The van der Waals surface area contributed by atoms with E-state index in [0.717, 1.165) is 35.0 Å². The van der Waals surface area contributed by atoms with Crippen LogP contribution in [0.3, 0.4) is 0 Å². The number of allylic oxidation sites excluding steroid dienone is 1. The number of aromatic nitrogens is 2. The predicted octanol–water partition coefficient (Wildman–Crippen LogP) is 2.77. The van der Waals surface area contributed by atoms with Crippen LogP contribution >= 0.6 is 0 Å². The van der Waals surface area contributed by atoms with Crippen LogP contribution in [0.5, 0.6) is 0 Å². The van der Waals surface area contributed by atoms with Crippen molar-refractivity contribution in [2.24, 2.45) is 5.73 Å². The van der Waals surface area contributed by atoms with Crippen molar-refractivity contribution in [2.45, 2.75) is 32.5 Å². The van der Waals surface area contributed by atoms with Crippen LogP contribution in [0.1, 0.15) is 28.8 Å². The second kappa shape index (κ2) is 7.14. The first-order chi connectivity index (χ1) is 12.8. The van der Waals surface area contributed by atoms with Gasteiger partial charge in [0.15, 0.2) is 0 Å². The monoisotopic (exact) mass is 346 g/mol. The van der Waals surface area contributed by atoms with Gasteiger partial charge in [-0.15, -0.1) is 0 Å². The molecule has 0 radical (unpaired) electrons. The van der Waals surface area contributed by atoms with Crippen LogP contribution in [0.25, 0.3) is 17.1 Å². The molecule has 0 saturated carbocycles. The highest BCUT2D eigenvalue weighted by atomic mass is 16.1. The third-order valence-corrected chi connectivity index (χ3v) is 4.85. The van der Waals surface area contributed by atoms with Gasteiger partial charge in [0.05, 0.1) is 0 Å². The van der Waals surface area contributed by atoms with Crippen molar-refractivity contribution in [2.75, 3.05) is 0 Å². The van der Waals surface area contributed by atoms with Crippen molar-refractivity contribution >= 4 is 23.0 Å². The number of nitrogens with one attached hydrogen (secondary N) is 1. The zero-order chi connectivity index (χ0) is 17.9. The van der Waals surface area contributed by atoms with Crippen LogP contribution in [0.4, 0.5) is 0 Å². The fourth-order valence-corrected chi connectivity index (χ4v) is 3.49. The highest BCUT2D eigenvalue weighted by molar-refractivity contribution is 5.90. The maximum atomic E-state index is 12.5. The van der Waals surface area contributed by atoms with Crippen molar-refractivity contribution < 1.29 is 4.79 Å². The highest BCUT2D eigenvalue weighted by Gasteiger charge is 2.19. The lowest BCUT2D eigenvalue weighted by Crippen LogP contribution is -2.28. The minimum Gasteiger partial charge on any atom is -0.350 e. The molecule has 0 fully saturated rings. The highest BCUT2D eigenvalue weighted by Crippen LogP contribution is 2.29. The Morgan fingerprint density at radius 2 is 2.00 bits per heavy atom. The van der Waals surface area contributed by atoms with Crippen LogP contribution in [0.15, 0.2) is 48.7 Å². The Morgan fingerprint density at radius 1 is 1.19 bits per heavy atom. The van der Waals surface area contributed by atoms with Crippen LogP contribution in [-0.2, 0) is 30.8 Å². The molecule has 2 heterocycles. The number of fused-ring (bicyclic) bond motifs is 3. The molecular formula is C21H22N4O. The summed E-state index contributed by atoms with van der Waals surface area (Å²) < 4.78 is 2.06. The lowest BCUT2D eigenvalue weighted by Gasteiger charge is -2.13. The molecular weight excluding hydrogens is 324 g/mol. The average molecular weight is 346 g/mol. The van der Waals surface area contributed by atoms with Gasteiger partial charge in [-0.25, -0.2) is 4.98 Å². The Morgan fingerprint density at radius 3 is 2.81 bits per heavy atom. The summed E-state index contributed by atoms with van der Waals surface area (Å²) in [7, 11) is 0. The van der Waals surface area contributed by atoms with Gasteiger partial charge in [0.1, 0.15) is 12.2 Å². The molecule has 1 aromatic carbocycles. The maximum Gasteiger partial charge on any atom is 0.240 e. The van der Waals surface area contributed by atoms with E-state index in [1.807, 2.05) is 30.3 Å². The Labute approximate surface area is 152 Å². The Bertz CT molecular complexity index is 970. The SMILES string of the molecule is NCc1ccc(CNC(=O)Cn2c3c(c4cccnc42)C=CCC3)cc1. The molecule has 0 atom stereocenters. The lowest BCUT2D eigenvalue weighted by molar-refractivity contribution is -0.121. The molecule has 0 aliphatic heterocycles. The van der Waals surface area contributed by atoms with Gasteiger partial charge in [0.2, 0.25) is 5.91 Å². The van der Waals surface area contributed by atoms with Crippen molar-refractivity contribution in [1.82, 2.24) is 14.9 Å². The van der Waals surface area contributed by atoms with E-state index < -0.39 is 0 Å². The molecule has 0 bridgehead atoms. The van der Waals surface area contributed by atoms with Gasteiger partial charge in [-0.2, -0.15) is 0 Å². The van der Waals surface area contributed by atoms with Gasteiger partial charge in [-0.05, 0) is 36.1 Å². The first-order valence-corrected chi connectivity index (χ1v) is 8.93. The summed E-state index contributed by atoms with van der Waals surface area (Å²) >= 11 is 0. The minimum absolute atomic E-state index is 0.00666. The van der Waals surface area contributed by atoms with Crippen LogP contribution in [0, 0.1) is 0 Å². The van der Waals surface area contributed by atoms with Crippen molar-refractivity contribution in [3.05, 3.63) is 71.1 Å². The van der Waals surface area contributed by atoms with Gasteiger partial charge in [-0.1, -0.05) is 36.4 Å². The number of rotatable bonds is 5. The summed E-state index contributed by atoms with van der Waals surface area (Å²) in [4.78, 5) is 17.1. The number of nitrogens with zero attached hydrogens (tertiary/aromatic N) is 2. The van der Waals surface area contributed by atoms with E-state index in [4.69, 9.17) is 5.73 Å². The number of hydrogen-bond acceptors (Lipinski definition) is 3. The third kappa shape index (κ3) is 3.13. The Kier molecular flexibility index (Phi) is 4.54. The topological polar surface area (TPSA) is 72.9 Å². The van der Waals surface area contributed by atoms with E-state index in [1.165, 1.54) is 11.3 Å². The number of nitrogens with two attached hydrogens (primary N) is 1. The van der Waals surface area contributed by atoms with Gasteiger partial charge in [0.25, 0.3) is 0 Å². The molecule has 1 amide bonds. The number of benzene rings is 1. The Balaban J connectivity index is 1.51. The van der Waals surface area contributed by atoms with E-state index in [2.05, 4.69) is 33.1 Å². The molecule has 5 heteroatoms. The van der Waals surface area contributed by atoms with Crippen LogP contribution < -0.4 is 11.1 Å².